The average Bonchev–Trinajstić information content (AvgIpc) is 2.42. The number of aromatic carboxylic acids is 1. The minimum absolute atomic E-state index is 0.112. The van der Waals surface area contributed by atoms with Crippen LogP contribution < -0.4 is 11.1 Å². The monoisotopic (exact) mass is 290 g/mol. The molecule has 0 bridgehead atoms. The maximum atomic E-state index is 11.0. The molecule has 5 heteroatoms. The molecular weight excluding hydrogens is 276 g/mol. The lowest BCUT2D eigenvalue weighted by Gasteiger charge is -2.09. The van der Waals surface area contributed by atoms with E-state index in [9.17, 15) is 4.79 Å². The Bertz CT molecular complexity index is 612. The van der Waals surface area contributed by atoms with Crippen LogP contribution in [0.2, 0.25) is 5.02 Å². The molecule has 2 rings (SSSR count). The molecule has 0 aliphatic heterocycles. The summed E-state index contributed by atoms with van der Waals surface area (Å²) in [6, 6.07) is 12.5. The van der Waals surface area contributed by atoms with Crippen LogP contribution in [-0.4, -0.2) is 17.6 Å². The molecule has 0 aromatic heterocycles. The summed E-state index contributed by atoms with van der Waals surface area (Å²) in [5.41, 5.74) is 7.88. The van der Waals surface area contributed by atoms with Crippen LogP contribution in [0.1, 0.15) is 15.9 Å². The molecule has 0 amide bonds. The lowest BCUT2D eigenvalue weighted by Crippen LogP contribution is -2.07. The van der Waals surface area contributed by atoms with E-state index in [1.165, 1.54) is 0 Å². The van der Waals surface area contributed by atoms with Crippen LogP contribution in [-0.2, 0) is 6.42 Å². The van der Waals surface area contributed by atoms with Crippen molar-refractivity contribution in [1.29, 1.82) is 0 Å². The molecule has 0 fully saturated rings. The van der Waals surface area contributed by atoms with Crippen LogP contribution >= 0.6 is 11.6 Å². The number of nitrogens with two attached hydrogens (primary N) is 1. The van der Waals surface area contributed by atoms with Gasteiger partial charge in [0.05, 0.1) is 5.56 Å². The predicted molar refractivity (Wildman–Crippen MR) is 81.5 cm³/mol. The number of carbonyl (C=O) groups is 1. The number of halogens is 1. The molecule has 104 valence electrons. The fraction of sp³-hybridized carbons (Fsp3) is 0.133. The molecule has 0 spiro atoms. The highest BCUT2D eigenvalue weighted by Gasteiger charge is 2.08. The first-order valence-corrected chi connectivity index (χ1v) is 6.55. The molecule has 0 radical (unpaired) electrons. The maximum Gasteiger partial charge on any atom is 0.337 e. The molecule has 2 aromatic rings. The minimum atomic E-state index is -1.02. The van der Waals surface area contributed by atoms with Gasteiger partial charge in [-0.15, -0.1) is 0 Å². The Morgan fingerprint density at radius 3 is 2.55 bits per heavy atom. The van der Waals surface area contributed by atoms with Crippen molar-refractivity contribution in [3.05, 3.63) is 58.6 Å². The number of carboxylic acid groups (broad SMARTS) is 1. The first-order chi connectivity index (χ1) is 9.56. The van der Waals surface area contributed by atoms with Gasteiger partial charge >= 0.3 is 5.97 Å². The Hall–Kier alpha value is -2.20. The molecule has 0 saturated carbocycles. The van der Waals surface area contributed by atoms with E-state index >= 15 is 0 Å². The van der Waals surface area contributed by atoms with Crippen LogP contribution in [0.5, 0.6) is 0 Å². The summed E-state index contributed by atoms with van der Waals surface area (Å²) in [5.74, 6) is -1.02. The fourth-order valence-electron chi connectivity index (χ4n) is 1.85. The number of hydrogen-bond acceptors (Lipinski definition) is 3. The topological polar surface area (TPSA) is 75.3 Å². The predicted octanol–water partition coefficient (Wildman–Crippen LogP) is 3.28. The SMILES string of the molecule is Nc1ccc(NCCc2ccc(Cl)cc2)cc1C(=O)O. The first-order valence-electron chi connectivity index (χ1n) is 6.17. The van der Waals surface area contributed by atoms with Gasteiger partial charge in [0, 0.05) is 22.9 Å². The van der Waals surface area contributed by atoms with Crippen molar-refractivity contribution in [2.75, 3.05) is 17.6 Å². The van der Waals surface area contributed by atoms with Crippen molar-refractivity contribution in [3.63, 3.8) is 0 Å². The third kappa shape index (κ3) is 3.65. The van der Waals surface area contributed by atoms with E-state index in [0.29, 0.717) is 11.6 Å². The summed E-state index contributed by atoms with van der Waals surface area (Å²) >= 11 is 5.82. The number of carboxylic acids is 1. The quantitative estimate of drug-likeness (QED) is 0.739. The summed E-state index contributed by atoms with van der Waals surface area (Å²) in [7, 11) is 0. The van der Waals surface area contributed by atoms with Gasteiger partial charge in [0.1, 0.15) is 0 Å². The van der Waals surface area contributed by atoms with Crippen LogP contribution in [0.15, 0.2) is 42.5 Å². The molecule has 0 saturated heterocycles. The number of anilines is 2. The van der Waals surface area contributed by atoms with Gasteiger partial charge in [0.15, 0.2) is 0 Å². The minimum Gasteiger partial charge on any atom is -0.478 e. The zero-order valence-corrected chi connectivity index (χ0v) is 11.5. The Morgan fingerprint density at radius 1 is 1.20 bits per heavy atom. The highest BCUT2D eigenvalue weighted by Crippen LogP contribution is 2.18. The summed E-state index contributed by atoms with van der Waals surface area (Å²) in [5, 5.41) is 12.9. The molecule has 0 unspecified atom stereocenters. The Morgan fingerprint density at radius 2 is 1.90 bits per heavy atom. The van der Waals surface area contributed by atoms with E-state index in [4.69, 9.17) is 22.4 Å². The Kier molecular flexibility index (Phi) is 4.48. The third-order valence-electron chi connectivity index (χ3n) is 2.94. The second-order valence-corrected chi connectivity index (χ2v) is 4.85. The summed E-state index contributed by atoms with van der Waals surface area (Å²) in [4.78, 5) is 11.0. The molecule has 0 heterocycles. The first kappa shape index (κ1) is 14.2. The van der Waals surface area contributed by atoms with Crippen LogP contribution in [0.3, 0.4) is 0 Å². The van der Waals surface area contributed by atoms with Crippen LogP contribution in [0.4, 0.5) is 11.4 Å². The average molecular weight is 291 g/mol. The van der Waals surface area contributed by atoms with E-state index < -0.39 is 5.97 Å². The van der Waals surface area contributed by atoms with Crippen molar-refractivity contribution in [2.45, 2.75) is 6.42 Å². The van der Waals surface area contributed by atoms with Crippen molar-refractivity contribution < 1.29 is 9.90 Å². The Labute approximate surface area is 122 Å². The fourth-order valence-corrected chi connectivity index (χ4v) is 1.98. The van der Waals surface area contributed by atoms with Gasteiger partial charge in [-0.05, 0) is 42.3 Å². The number of nitrogens with one attached hydrogen (secondary N) is 1. The molecule has 20 heavy (non-hydrogen) atoms. The van der Waals surface area contributed by atoms with E-state index in [0.717, 1.165) is 17.7 Å². The van der Waals surface area contributed by atoms with Crippen LogP contribution in [0, 0.1) is 0 Å². The summed E-state index contributed by atoms with van der Waals surface area (Å²) in [6.07, 6.45) is 0.823. The molecule has 0 atom stereocenters. The molecule has 4 nitrogen and oxygen atoms in total. The second-order valence-electron chi connectivity index (χ2n) is 4.41. The standard InChI is InChI=1S/C15H15ClN2O2/c16-11-3-1-10(2-4-11)7-8-18-12-5-6-14(17)13(9-12)15(19)20/h1-6,9,18H,7-8,17H2,(H,19,20). The second kappa shape index (κ2) is 6.30. The van der Waals surface area contributed by atoms with Crippen molar-refractivity contribution in [2.24, 2.45) is 0 Å². The van der Waals surface area contributed by atoms with Crippen LogP contribution in [0.25, 0.3) is 0 Å². The molecule has 2 aromatic carbocycles. The lowest BCUT2D eigenvalue weighted by atomic mass is 10.1. The molecule has 4 N–H and O–H groups in total. The number of rotatable bonds is 5. The van der Waals surface area contributed by atoms with E-state index in [1.54, 1.807) is 18.2 Å². The van der Waals surface area contributed by atoms with Gasteiger partial charge < -0.3 is 16.2 Å². The van der Waals surface area contributed by atoms with Crippen molar-refractivity contribution in [3.8, 4) is 0 Å². The maximum absolute atomic E-state index is 11.0. The third-order valence-corrected chi connectivity index (χ3v) is 3.19. The smallest absolute Gasteiger partial charge is 0.337 e. The molecule has 0 aliphatic rings. The Balaban J connectivity index is 1.96. The summed E-state index contributed by atoms with van der Waals surface area (Å²) < 4.78 is 0. The van der Waals surface area contributed by atoms with Gasteiger partial charge in [-0.25, -0.2) is 4.79 Å². The van der Waals surface area contributed by atoms with Gasteiger partial charge in [0.2, 0.25) is 0 Å². The lowest BCUT2D eigenvalue weighted by molar-refractivity contribution is 0.0698. The van der Waals surface area contributed by atoms with Gasteiger partial charge in [-0.3, -0.25) is 0 Å². The number of nitrogen functional groups attached to an aromatic ring is 1. The highest BCUT2D eigenvalue weighted by atomic mass is 35.5. The van der Waals surface area contributed by atoms with Gasteiger partial charge in [-0.1, -0.05) is 23.7 Å². The molecular formula is C15H15ClN2O2. The van der Waals surface area contributed by atoms with E-state index in [2.05, 4.69) is 5.32 Å². The number of hydrogen-bond donors (Lipinski definition) is 3. The molecule has 0 aliphatic carbocycles. The zero-order valence-electron chi connectivity index (χ0n) is 10.8. The zero-order chi connectivity index (χ0) is 14.5. The summed E-state index contributed by atoms with van der Waals surface area (Å²) in [6.45, 7) is 0.699. The normalized spacial score (nSPS) is 10.2. The van der Waals surface area contributed by atoms with Crippen molar-refractivity contribution in [1.82, 2.24) is 0 Å². The van der Waals surface area contributed by atoms with Gasteiger partial charge in [-0.2, -0.15) is 0 Å². The number of benzene rings is 2. The highest BCUT2D eigenvalue weighted by molar-refractivity contribution is 6.30. The van der Waals surface area contributed by atoms with E-state index in [1.807, 2.05) is 24.3 Å². The van der Waals surface area contributed by atoms with Crippen molar-refractivity contribution >= 4 is 28.9 Å². The van der Waals surface area contributed by atoms with Gasteiger partial charge in [0.25, 0.3) is 0 Å². The van der Waals surface area contributed by atoms with E-state index in [-0.39, 0.29) is 11.3 Å². The largest absolute Gasteiger partial charge is 0.478 e.